The van der Waals surface area contributed by atoms with Gasteiger partial charge in [0, 0.05) is 44.4 Å². The third-order valence-corrected chi connectivity index (χ3v) is 6.44. The molecule has 3 aromatic rings. The first-order valence-electron chi connectivity index (χ1n) is 9.22. The van der Waals surface area contributed by atoms with Crippen LogP contribution in [0.25, 0.3) is 0 Å². The molecule has 0 saturated heterocycles. The Labute approximate surface area is 170 Å². The second-order valence-corrected chi connectivity index (χ2v) is 8.20. The first-order chi connectivity index (χ1) is 13.6. The summed E-state index contributed by atoms with van der Waals surface area (Å²) in [5, 5.41) is 2.62. The third-order valence-electron chi connectivity index (χ3n) is 3.36. The number of methoxy groups -OCH3 is 2. The normalized spacial score (nSPS) is 9.50. The molecule has 28 heavy (non-hydrogen) atoms. The Morgan fingerprint density at radius 3 is 0.857 bits per heavy atom. The van der Waals surface area contributed by atoms with Crippen molar-refractivity contribution in [3.8, 4) is 0 Å². The van der Waals surface area contributed by atoms with E-state index in [0.29, 0.717) is 0 Å². The molecule has 0 saturated carbocycles. The van der Waals surface area contributed by atoms with E-state index in [1.807, 2.05) is 105 Å². The van der Waals surface area contributed by atoms with Gasteiger partial charge in [0.2, 0.25) is 0 Å². The minimum absolute atomic E-state index is 0.873. The molecule has 0 spiro atoms. The molecule has 0 aliphatic carbocycles. The fraction of sp³-hybridized carbons (Fsp3) is 0.250. The molecule has 0 fully saturated rings. The fourth-order valence-corrected chi connectivity index (χ4v) is 5.03. The third kappa shape index (κ3) is 7.82. The van der Waals surface area contributed by atoms with Gasteiger partial charge in [0.15, 0.2) is 7.14 Å². The smallest absolute Gasteiger partial charge is 0.171 e. The quantitative estimate of drug-likeness (QED) is 0.588. The second-order valence-electron chi connectivity index (χ2n) is 5.43. The summed E-state index contributed by atoms with van der Waals surface area (Å²) in [7, 11) is 3.72. The van der Waals surface area contributed by atoms with Crippen LogP contribution in [0.2, 0.25) is 0 Å². The molecule has 0 unspecified atom stereocenters. The van der Waals surface area contributed by atoms with Gasteiger partial charge in [-0.3, -0.25) is 0 Å². The maximum Gasteiger partial charge on any atom is 0.171 e. The van der Waals surface area contributed by atoms with E-state index >= 15 is 0 Å². The molecule has 152 valence electrons. The van der Waals surface area contributed by atoms with Crippen molar-refractivity contribution >= 4 is 23.1 Å². The molecular weight excluding hydrogens is 367 g/mol. The summed E-state index contributed by atoms with van der Waals surface area (Å²) in [5.74, 6) is 0. The molecule has 0 heterocycles. The maximum absolute atomic E-state index is 13.8. The Hall–Kier alpha value is -2.19. The number of ether oxygens (including phenoxy) is 2. The largest absolute Gasteiger partial charge is 0.388 e. The van der Waals surface area contributed by atoms with Crippen LogP contribution in [0.15, 0.2) is 91.0 Å². The summed E-state index contributed by atoms with van der Waals surface area (Å²) in [5.41, 5.74) is 0. The molecule has 0 amide bonds. The summed E-state index contributed by atoms with van der Waals surface area (Å²) in [4.78, 5) is 0. The summed E-state index contributed by atoms with van der Waals surface area (Å²) < 4.78 is 22.3. The first-order valence-corrected chi connectivity index (χ1v) is 10.9. The SMILES string of the molecule is CC.COC.COC.O=P(c1ccccc1)(c1ccccc1)c1ccccc1. The highest BCUT2D eigenvalue weighted by Gasteiger charge is 2.28. The van der Waals surface area contributed by atoms with Crippen molar-refractivity contribution < 1.29 is 14.0 Å². The van der Waals surface area contributed by atoms with Crippen molar-refractivity contribution in [3.63, 3.8) is 0 Å². The predicted molar refractivity (Wildman–Crippen MR) is 123 cm³/mol. The first kappa shape index (κ1) is 25.8. The van der Waals surface area contributed by atoms with Crippen LogP contribution in [0, 0.1) is 0 Å². The zero-order chi connectivity index (χ0) is 21.3. The van der Waals surface area contributed by atoms with E-state index in [0.717, 1.165) is 15.9 Å². The minimum atomic E-state index is -2.78. The zero-order valence-corrected chi connectivity index (χ0v) is 18.7. The molecule has 0 atom stereocenters. The molecular formula is C24H33O3P. The van der Waals surface area contributed by atoms with Gasteiger partial charge in [0.1, 0.15) is 0 Å². The zero-order valence-electron chi connectivity index (χ0n) is 17.8. The van der Waals surface area contributed by atoms with Gasteiger partial charge in [-0.2, -0.15) is 0 Å². The molecule has 0 bridgehead atoms. The van der Waals surface area contributed by atoms with E-state index in [4.69, 9.17) is 0 Å². The van der Waals surface area contributed by atoms with E-state index in [1.54, 1.807) is 28.4 Å². The van der Waals surface area contributed by atoms with Gasteiger partial charge in [-0.15, -0.1) is 0 Å². The topological polar surface area (TPSA) is 35.5 Å². The van der Waals surface area contributed by atoms with Crippen LogP contribution in [-0.2, 0) is 14.0 Å². The van der Waals surface area contributed by atoms with E-state index < -0.39 is 7.14 Å². The molecule has 4 heteroatoms. The van der Waals surface area contributed by atoms with Gasteiger partial charge in [0.25, 0.3) is 0 Å². The van der Waals surface area contributed by atoms with E-state index in [1.165, 1.54) is 0 Å². The van der Waals surface area contributed by atoms with Crippen molar-refractivity contribution in [3.05, 3.63) is 91.0 Å². The molecule has 3 nitrogen and oxygen atoms in total. The van der Waals surface area contributed by atoms with Crippen LogP contribution in [0.5, 0.6) is 0 Å². The van der Waals surface area contributed by atoms with Gasteiger partial charge in [-0.1, -0.05) is 105 Å². The Morgan fingerprint density at radius 1 is 0.500 bits per heavy atom. The lowest BCUT2D eigenvalue weighted by Crippen LogP contribution is -2.24. The van der Waals surface area contributed by atoms with Gasteiger partial charge in [0.05, 0.1) is 0 Å². The monoisotopic (exact) mass is 400 g/mol. The lowest BCUT2D eigenvalue weighted by molar-refractivity contribution is 0.277. The Kier molecular flexibility index (Phi) is 14.6. The molecule has 0 N–H and O–H groups in total. The van der Waals surface area contributed by atoms with Crippen LogP contribution < -0.4 is 15.9 Å². The van der Waals surface area contributed by atoms with Crippen molar-refractivity contribution in [2.75, 3.05) is 28.4 Å². The van der Waals surface area contributed by atoms with Crippen LogP contribution in [0.1, 0.15) is 13.8 Å². The summed E-state index contributed by atoms with van der Waals surface area (Å²) in [6.07, 6.45) is 0. The van der Waals surface area contributed by atoms with Crippen LogP contribution in [0.4, 0.5) is 0 Å². The lowest BCUT2D eigenvalue weighted by atomic mass is 10.4. The molecule has 0 aliphatic rings. The standard InChI is InChI=1S/C18H15OP.2C2H6O.C2H6/c19-20(16-10-4-1-5-11-16,17-12-6-2-7-13-17)18-14-8-3-9-15-18;2*1-3-2;1-2/h1-15H;2*1-2H3;1-2H3. The Balaban J connectivity index is 0.000000796. The number of benzene rings is 3. The number of rotatable bonds is 3. The molecule has 0 aliphatic heterocycles. The van der Waals surface area contributed by atoms with Crippen molar-refractivity contribution in [2.45, 2.75) is 13.8 Å². The molecule has 3 aromatic carbocycles. The average Bonchev–Trinajstić information content (AvgIpc) is 2.77. The van der Waals surface area contributed by atoms with Gasteiger partial charge in [-0.25, -0.2) is 0 Å². The highest BCUT2D eigenvalue weighted by molar-refractivity contribution is 7.85. The van der Waals surface area contributed by atoms with Crippen LogP contribution in [0.3, 0.4) is 0 Å². The number of hydrogen-bond donors (Lipinski definition) is 0. The van der Waals surface area contributed by atoms with Gasteiger partial charge < -0.3 is 14.0 Å². The van der Waals surface area contributed by atoms with E-state index in [2.05, 4.69) is 9.47 Å². The minimum Gasteiger partial charge on any atom is -0.388 e. The second kappa shape index (κ2) is 15.8. The van der Waals surface area contributed by atoms with Gasteiger partial charge in [-0.05, 0) is 0 Å². The van der Waals surface area contributed by atoms with Crippen LogP contribution in [-0.4, -0.2) is 28.4 Å². The summed E-state index contributed by atoms with van der Waals surface area (Å²) in [6.45, 7) is 4.00. The lowest BCUT2D eigenvalue weighted by Gasteiger charge is -2.19. The highest BCUT2D eigenvalue weighted by atomic mass is 31.2. The predicted octanol–water partition coefficient (Wildman–Crippen LogP) is 4.88. The summed E-state index contributed by atoms with van der Waals surface area (Å²) >= 11 is 0. The van der Waals surface area contributed by atoms with E-state index in [9.17, 15) is 4.57 Å². The van der Waals surface area contributed by atoms with Crippen molar-refractivity contribution in [1.82, 2.24) is 0 Å². The highest BCUT2D eigenvalue weighted by Crippen LogP contribution is 2.41. The molecule has 0 aromatic heterocycles. The molecule has 3 rings (SSSR count). The van der Waals surface area contributed by atoms with Crippen molar-refractivity contribution in [1.29, 1.82) is 0 Å². The maximum atomic E-state index is 13.8. The number of hydrogen-bond acceptors (Lipinski definition) is 3. The van der Waals surface area contributed by atoms with Crippen LogP contribution >= 0.6 is 7.14 Å². The Bertz CT molecular complexity index is 654. The molecule has 0 radical (unpaired) electrons. The fourth-order valence-electron chi connectivity index (χ4n) is 2.36. The van der Waals surface area contributed by atoms with Crippen molar-refractivity contribution in [2.24, 2.45) is 0 Å². The average molecular weight is 400 g/mol. The Morgan fingerprint density at radius 2 is 0.679 bits per heavy atom. The van der Waals surface area contributed by atoms with E-state index in [-0.39, 0.29) is 0 Å². The van der Waals surface area contributed by atoms with Gasteiger partial charge >= 0.3 is 0 Å². The summed E-state index contributed by atoms with van der Waals surface area (Å²) in [6, 6.07) is 29.1.